The van der Waals surface area contributed by atoms with E-state index in [0.717, 1.165) is 12.0 Å². The lowest BCUT2D eigenvalue weighted by Gasteiger charge is -2.12. The number of primary amides is 1. The first-order valence-corrected chi connectivity index (χ1v) is 5.71. The van der Waals surface area contributed by atoms with Crippen LogP contribution in [0.2, 0.25) is 0 Å². The van der Waals surface area contributed by atoms with Crippen molar-refractivity contribution in [2.75, 3.05) is 0 Å². The van der Waals surface area contributed by atoms with E-state index >= 15 is 0 Å². The Morgan fingerprint density at radius 3 is 2.61 bits per heavy atom. The Labute approximate surface area is 109 Å². The van der Waals surface area contributed by atoms with Crippen molar-refractivity contribution in [3.05, 3.63) is 35.4 Å². The van der Waals surface area contributed by atoms with Crippen LogP contribution in [-0.2, 0) is 11.2 Å². The molecule has 4 heteroatoms. The first kappa shape index (κ1) is 16.2. The third-order valence-electron chi connectivity index (χ3n) is 2.48. The van der Waals surface area contributed by atoms with Crippen LogP contribution in [0.4, 0.5) is 0 Å². The summed E-state index contributed by atoms with van der Waals surface area (Å²) in [5, 5.41) is 2.74. The summed E-state index contributed by atoms with van der Waals surface area (Å²) in [5.41, 5.74) is 6.79. The van der Waals surface area contributed by atoms with E-state index in [-0.39, 0.29) is 25.8 Å². The molecule has 0 bridgehead atoms. The van der Waals surface area contributed by atoms with Gasteiger partial charge in [-0.1, -0.05) is 26.5 Å². The van der Waals surface area contributed by atoms with E-state index in [1.54, 1.807) is 13.0 Å². The molecule has 0 aliphatic heterocycles. The van der Waals surface area contributed by atoms with E-state index in [2.05, 4.69) is 5.32 Å². The van der Waals surface area contributed by atoms with Crippen LogP contribution in [0.25, 0.3) is 0 Å². The van der Waals surface area contributed by atoms with Gasteiger partial charge in [0.2, 0.25) is 5.91 Å². The highest BCUT2D eigenvalue weighted by molar-refractivity contribution is 5.94. The summed E-state index contributed by atoms with van der Waals surface area (Å²) in [5.74, 6) is -0.589. The van der Waals surface area contributed by atoms with E-state index in [0.29, 0.717) is 5.56 Å². The molecule has 0 aliphatic rings. The number of nitrogens with one attached hydrogen (secondary N) is 1. The second-order valence-corrected chi connectivity index (χ2v) is 4.10. The summed E-state index contributed by atoms with van der Waals surface area (Å²) in [6.07, 6.45) is 1.04. The van der Waals surface area contributed by atoms with Gasteiger partial charge in [0.25, 0.3) is 5.91 Å². The third-order valence-corrected chi connectivity index (χ3v) is 2.48. The Balaban J connectivity index is 0.00000289. The number of carbonyl (C=O) groups excluding carboxylic acids is 2. The zero-order valence-corrected chi connectivity index (χ0v) is 10.2. The van der Waals surface area contributed by atoms with Crippen LogP contribution in [0.5, 0.6) is 0 Å². The van der Waals surface area contributed by atoms with Gasteiger partial charge < -0.3 is 11.1 Å². The summed E-state index contributed by atoms with van der Waals surface area (Å²) < 4.78 is 0. The molecule has 1 aromatic rings. The molecule has 0 fully saturated rings. The van der Waals surface area contributed by atoms with Gasteiger partial charge in [0.15, 0.2) is 0 Å². The van der Waals surface area contributed by atoms with Gasteiger partial charge in [-0.25, -0.2) is 0 Å². The van der Waals surface area contributed by atoms with E-state index in [9.17, 15) is 9.59 Å². The quantitative estimate of drug-likeness (QED) is 0.837. The molecular formula is C14H22N2O2. The Bertz CT molecular complexity index is 416. The molecule has 0 aliphatic carbocycles. The van der Waals surface area contributed by atoms with E-state index in [1.807, 2.05) is 25.1 Å². The van der Waals surface area contributed by atoms with Gasteiger partial charge in [-0.15, -0.1) is 0 Å². The smallest absolute Gasteiger partial charge is 0.251 e. The predicted octanol–water partition coefficient (Wildman–Crippen LogP) is 1.88. The summed E-state index contributed by atoms with van der Waals surface area (Å²) in [6, 6.07) is 7.19. The SMILES string of the molecule is C.CCc1cccc(C(=O)NC(C)CC(N)=O)c1. The molecule has 4 nitrogen and oxygen atoms in total. The van der Waals surface area contributed by atoms with Crippen molar-refractivity contribution in [3.8, 4) is 0 Å². The summed E-state index contributed by atoms with van der Waals surface area (Å²) in [6.45, 7) is 3.79. The largest absolute Gasteiger partial charge is 0.370 e. The topological polar surface area (TPSA) is 72.2 Å². The Morgan fingerprint density at radius 2 is 2.06 bits per heavy atom. The lowest BCUT2D eigenvalue weighted by atomic mass is 10.1. The summed E-state index contributed by atoms with van der Waals surface area (Å²) >= 11 is 0. The zero-order valence-electron chi connectivity index (χ0n) is 10.2. The maximum atomic E-state index is 11.8. The minimum absolute atomic E-state index is 0. The molecular weight excluding hydrogens is 228 g/mol. The Hall–Kier alpha value is -1.84. The van der Waals surface area contributed by atoms with Crippen LogP contribution >= 0.6 is 0 Å². The lowest BCUT2D eigenvalue weighted by Crippen LogP contribution is -2.35. The van der Waals surface area contributed by atoms with Crippen molar-refractivity contribution in [3.63, 3.8) is 0 Å². The van der Waals surface area contributed by atoms with E-state index < -0.39 is 5.91 Å². The van der Waals surface area contributed by atoms with Gasteiger partial charge in [0.1, 0.15) is 0 Å². The Morgan fingerprint density at radius 1 is 1.39 bits per heavy atom. The monoisotopic (exact) mass is 250 g/mol. The van der Waals surface area contributed by atoms with Crippen molar-refractivity contribution in [2.24, 2.45) is 5.73 Å². The van der Waals surface area contributed by atoms with Crippen molar-refractivity contribution in [2.45, 2.75) is 40.2 Å². The van der Waals surface area contributed by atoms with Gasteiger partial charge in [0, 0.05) is 18.0 Å². The number of rotatable bonds is 5. The second kappa shape index (κ2) is 7.48. The molecule has 1 aromatic carbocycles. The van der Waals surface area contributed by atoms with Crippen molar-refractivity contribution in [1.82, 2.24) is 5.32 Å². The Kier molecular flexibility index (Phi) is 6.71. The summed E-state index contributed by atoms with van der Waals surface area (Å²) in [7, 11) is 0. The number of carbonyl (C=O) groups is 2. The van der Waals surface area contributed by atoms with Crippen LogP contribution in [0.1, 0.15) is 43.6 Å². The number of hydrogen-bond donors (Lipinski definition) is 2. The highest BCUT2D eigenvalue weighted by Crippen LogP contribution is 2.06. The molecule has 1 rings (SSSR count). The van der Waals surface area contributed by atoms with Crippen LogP contribution in [0, 0.1) is 0 Å². The fraction of sp³-hybridized carbons (Fsp3) is 0.429. The van der Waals surface area contributed by atoms with E-state index in [1.165, 1.54) is 0 Å². The van der Waals surface area contributed by atoms with Crippen molar-refractivity contribution < 1.29 is 9.59 Å². The van der Waals surface area contributed by atoms with Crippen LogP contribution in [0.3, 0.4) is 0 Å². The second-order valence-electron chi connectivity index (χ2n) is 4.10. The van der Waals surface area contributed by atoms with E-state index in [4.69, 9.17) is 5.73 Å². The molecule has 3 N–H and O–H groups in total. The molecule has 0 heterocycles. The average molecular weight is 250 g/mol. The first-order valence-electron chi connectivity index (χ1n) is 5.71. The van der Waals surface area contributed by atoms with Crippen molar-refractivity contribution in [1.29, 1.82) is 0 Å². The third kappa shape index (κ3) is 4.99. The summed E-state index contributed by atoms with van der Waals surface area (Å²) in [4.78, 5) is 22.5. The molecule has 18 heavy (non-hydrogen) atoms. The molecule has 0 aromatic heterocycles. The molecule has 100 valence electrons. The highest BCUT2D eigenvalue weighted by Gasteiger charge is 2.11. The molecule has 0 saturated carbocycles. The van der Waals surface area contributed by atoms with Crippen LogP contribution in [0.15, 0.2) is 24.3 Å². The van der Waals surface area contributed by atoms with Crippen LogP contribution < -0.4 is 11.1 Å². The highest BCUT2D eigenvalue weighted by atomic mass is 16.2. The van der Waals surface area contributed by atoms with Gasteiger partial charge >= 0.3 is 0 Å². The van der Waals surface area contributed by atoms with Gasteiger partial charge in [-0.2, -0.15) is 0 Å². The standard InChI is InChI=1S/C13H18N2O2.CH4/c1-3-10-5-4-6-11(8-10)13(17)15-9(2)7-12(14)16;/h4-6,8-9H,3,7H2,1-2H3,(H2,14,16)(H,15,17);1H4. The molecule has 0 saturated heterocycles. The lowest BCUT2D eigenvalue weighted by molar-refractivity contribution is -0.118. The average Bonchev–Trinajstić information content (AvgIpc) is 2.27. The number of benzene rings is 1. The van der Waals surface area contributed by atoms with Gasteiger partial charge in [-0.05, 0) is 31.0 Å². The minimum Gasteiger partial charge on any atom is -0.370 e. The zero-order chi connectivity index (χ0) is 12.8. The minimum atomic E-state index is -0.417. The molecule has 2 amide bonds. The molecule has 0 radical (unpaired) electrons. The molecule has 1 unspecified atom stereocenters. The van der Waals surface area contributed by atoms with Crippen LogP contribution in [-0.4, -0.2) is 17.9 Å². The molecule has 1 atom stereocenters. The maximum absolute atomic E-state index is 11.8. The fourth-order valence-corrected chi connectivity index (χ4v) is 1.59. The molecule has 0 spiro atoms. The predicted molar refractivity (Wildman–Crippen MR) is 73.3 cm³/mol. The number of nitrogens with two attached hydrogens (primary N) is 1. The van der Waals surface area contributed by atoms with Gasteiger partial charge in [0.05, 0.1) is 0 Å². The number of amides is 2. The van der Waals surface area contributed by atoms with Gasteiger partial charge in [-0.3, -0.25) is 9.59 Å². The van der Waals surface area contributed by atoms with Crippen molar-refractivity contribution >= 4 is 11.8 Å². The number of aryl methyl sites for hydroxylation is 1. The fourth-order valence-electron chi connectivity index (χ4n) is 1.59. The first-order chi connectivity index (χ1) is 8.02. The maximum Gasteiger partial charge on any atom is 0.251 e. The normalized spacial score (nSPS) is 11.2. The number of hydrogen-bond acceptors (Lipinski definition) is 2.